The van der Waals surface area contributed by atoms with Gasteiger partial charge in [-0.2, -0.15) is 0 Å². The number of alkyl halides is 2. The Morgan fingerprint density at radius 2 is 1.08 bits per heavy atom. The van der Waals surface area contributed by atoms with Crippen molar-refractivity contribution in [3.63, 3.8) is 0 Å². The van der Waals surface area contributed by atoms with Crippen LogP contribution < -0.4 is 0 Å². The highest BCUT2D eigenvalue weighted by molar-refractivity contribution is 6.74. The summed E-state index contributed by atoms with van der Waals surface area (Å²) in [6, 6.07) is 9.34. The van der Waals surface area contributed by atoms with Gasteiger partial charge in [0, 0.05) is 17.4 Å². The van der Waals surface area contributed by atoms with Gasteiger partial charge in [0.15, 0.2) is 16.6 Å². The van der Waals surface area contributed by atoms with Crippen LogP contribution in [0, 0.1) is 80.8 Å². The maximum absolute atomic E-state index is 12.6. The summed E-state index contributed by atoms with van der Waals surface area (Å²) in [5.41, 5.74) is 4.58. The van der Waals surface area contributed by atoms with Gasteiger partial charge < -0.3 is 28.9 Å². The fourth-order valence-corrected chi connectivity index (χ4v) is 19.7. The number of esters is 1. The van der Waals surface area contributed by atoms with Gasteiger partial charge in [-0.15, -0.1) is 23.2 Å². The van der Waals surface area contributed by atoms with E-state index in [1.165, 1.54) is 70.6 Å². The highest BCUT2D eigenvalue weighted by Crippen LogP contribution is 2.71. The van der Waals surface area contributed by atoms with Gasteiger partial charge in [-0.25, -0.2) is 4.79 Å². The standard InChI is InChI=1S/C35H54O4Si.C28H50O3Si.CH2Cl2.2CH4/c1-23(22-38-32(37)25-13-10-9-11-14-25)28-16-17-29-26(15-12-18-34(28,29)6)19-24(2)35-21-27(35)20-30(31(35)36)39-40(7,8)33(3,4)5;1-18(17-29)22-11-12-23-20(10-9-13-27(22,23)6)14-19(2)28-16-21(28)15-24(25(28)30)31-32(7,8)26(3,4)5;2-1-3;;/h9-11,13-14,19,23-24,27-31,36H,12,15-18,20-22H2,1-8H3;14,18-19,21-25,29-30H,9-13,15-17H2,1-8H3;1H2;2*1H4/b26-19+;20-14+;;;/t23-,24-,27?,28-,29+,30+,31?,34-,35-;18-,19-,21?,22-,23+,24+,25?,27-,28-;;;/m11.../s1. The van der Waals surface area contributed by atoms with Crippen LogP contribution in [0.3, 0.4) is 0 Å². The number of benzene rings is 1. The molecule has 0 saturated heterocycles. The van der Waals surface area contributed by atoms with Crippen LogP contribution >= 0.6 is 23.2 Å². The van der Waals surface area contributed by atoms with Gasteiger partial charge in [0.05, 0.1) is 41.9 Å². The summed E-state index contributed by atoms with van der Waals surface area (Å²) < 4.78 is 19.3. The number of aliphatic hydroxyl groups is 3. The Kier molecular flexibility index (Phi) is 21.7. The molecular formula is C66H114Cl2O7Si2. The molecule has 0 aromatic heterocycles. The van der Waals surface area contributed by atoms with E-state index in [0.29, 0.717) is 83.4 Å². The van der Waals surface area contributed by atoms with Gasteiger partial charge in [-0.3, -0.25) is 0 Å². The molecule has 0 heterocycles. The van der Waals surface area contributed by atoms with Crippen molar-refractivity contribution in [3.05, 3.63) is 59.2 Å². The van der Waals surface area contributed by atoms with Crippen molar-refractivity contribution in [2.24, 2.45) is 80.8 Å². The van der Waals surface area contributed by atoms with E-state index in [0.717, 1.165) is 19.3 Å². The normalized spacial score (nSPS) is 38.7. The highest BCUT2D eigenvalue weighted by atomic mass is 35.5. The first kappa shape index (κ1) is 66.8. The summed E-state index contributed by atoms with van der Waals surface area (Å²) in [5, 5.41) is 33.5. The Hall–Kier alpha value is -1.02. The summed E-state index contributed by atoms with van der Waals surface area (Å²) in [7, 11) is -3.79. The second kappa shape index (κ2) is 25.1. The zero-order valence-electron chi connectivity index (χ0n) is 49.9. The summed E-state index contributed by atoms with van der Waals surface area (Å²) in [6.45, 7) is 38.0. The van der Waals surface area contributed by atoms with Crippen molar-refractivity contribution < 1.29 is 33.7 Å². The summed E-state index contributed by atoms with van der Waals surface area (Å²) in [5.74, 6) is 5.02. The van der Waals surface area contributed by atoms with Gasteiger partial charge in [0.25, 0.3) is 0 Å². The average molecular weight is 1150 g/mol. The maximum atomic E-state index is 12.6. The quantitative estimate of drug-likeness (QED) is 0.0738. The number of carbonyl (C=O) groups excluding carboxylic acids is 1. The fourth-order valence-electron chi connectivity index (χ4n) is 17.1. The van der Waals surface area contributed by atoms with E-state index in [1.807, 2.05) is 30.3 Å². The van der Waals surface area contributed by atoms with Crippen LogP contribution in [0.5, 0.6) is 0 Å². The number of hydrogen-bond acceptors (Lipinski definition) is 7. The van der Waals surface area contributed by atoms with E-state index in [-0.39, 0.29) is 76.9 Å². The minimum Gasteiger partial charge on any atom is -0.462 e. The van der Waals surface area contributed by atoms with Crippen LogP contribution in [-0.2, 0) is 13.6 Å². The van der Waals surface area contributed by atoms with E-state index in [1.54, 1.807) is 11.1 Å². The number of hydrogen-bond donors (Lipinski definition) is 3. The number of rotatable bonds is 14. The molecule has 0 bridgehead atoms. The first-order valence-electron chi connectivity index (χ1n) is 30.0. The largest absolute Gasteiger partial charge is 0.462 e. The molecule has 0 amide bonds. The van der Waals surface area contributed by atoms with Crippen LogP contribution in [0.15, 0.2) is 53.6 Å². The molecule has 11 heteroatoms. The molecule has 3 N–H and O–H groups in total. The first-order chi connectivity index (χ1) is 34.9. The number of fused-ring (bicyclic) bond motifs is 4. The third-order valence-electron chi connectivity index (χ3n) is 23.6. The number of halogens is 2. The molecule has 1 aromatic carbocycles. The minimum absolute atomic E-state index is 0. The molecule has 18 atom stereocenters. The highest BCUT2D eigenvalue weighted by Gasteiger charge is 2.70. The molecule has 8 fully saturated rings. The van der Waals surface area contributed by atoms with Gasteiger partial charge in [-0.1, -0.05) is 139 Å². The van der Waals surface area contributed by atoms with Crippen molar-refractivity contribution in [3.8, 4) is 0 Å². The van der Waals surface area contributed by atoms with Crippen LogP contribution in [0.2, 0.25) is 36.3 Å². The lowest BCUT2D eigenvalue weighted by Gasteiger charge is -2.45. The third kappa shape index (κ3) is 12.9. The Balaban J connectivity index is 0.000000269. The zero-order chi connectivity index (χ0) is 55.5. The smallest absolute Gasteiger partial charge is 0.338 e. The second-order valence-electron chi connectivity index (χ2n) is 29.7. The molecule has 4 unspecified atom stereocenters. The fraction of sp³-hybridized carbons (Fsp3) is 0.833. The Bertz CT molecular complexity index is 2170. The van der Waals surface area contributed by atoms with Crippen molar-refractivity contribution in [2.45, 2.75) is 249 Å². The molecule has 8 saturated carbocycles. The molecule has 7 nitrogen and oxygen atoms in total. The van der Waals surface area contributed by atoms with Crippen LogP contribution in [0.1, 0.15) is 198 Å². The van der Waals surface area contributed by atoms with Crippen molar-refractivity contribution >= 4 is 45.8 Å². The number of allylic oxidation sites excluding steroid dienone is 4. The van der Waals surface area contributed by atoms with Crippen LogP contribution in [-0.4, -0.2) is 80.9 Å². The molecule has 8 aliphatic carbocycles. The number of ether oxygens (including phenoxy) is 1. The van der Waals surface area contributed by atoms with Crippen molar-refractivity contribution in [2.75, 3.05) is 18.6 Å². The predicted octanol–water partition coefficient (Wildman–Crippen LogP) is 17.7. The molecular weight excluding hydrogens is 1030 g/mol. The molecule has 0 aliphatic heterocycles. The van der Waals surface area contributed by atoms with Crippen LogP contribution in [0.25, 0.3) is 0 Å². The summed E-state index contributed by atoms with van der Waals surface area (Å²) in [4.78, 5) is 12.6. The monoisotopic (exact) mass is 1140 g/mol. The lowest BCUT2D eigenvalue weighted by atomic mass is 9.61. The predicted molar refractivity (Wildman–Crippen MR) is 329 cm³/mol. The molecule has 0 spiro atoms. The second-order valence-corrected chi connectivity index (χ2v) is 40.0. The Morgan fingerprint density at radius 3 is 1.45 bits per heavy atom. The number of aliphatic hydroxyl groups excluding tert-OH is 3. The van der Waals surface area contributed by atoms with E-state index >= 15 is 0 Å². The van der Waals surface area contributed by atoms with Crippen LogP contribution in [0.4, 0.5) is 0 Å². The summed E-state index contributed by atoms with van der Waals surface area (Å²) >= 11 is 9.53. The van der Waals surface area contributed by atoms with Crippen molar-refractivity contribution in [1.29, 1.82) is 0 Å². The van der Waals surface area contributed by atoms with E-state index in [9.17, 15) is 20.1 Å². The summed E-state index contributed by atoms with van der Waals surface area (Å²) in [6.07, 6.45) is 21.4. The van der Waals surface area contributed by atoms with E-state index in [2.05, 4.69) is 121 Å². The topological polar surface area (TPSA) is 105 Å². The Morgan fingerprint density at radius 1 is 0.688 bits per heavy atom. The molecule has 1 aromatic rings. The average Bonchev–Trinajstić information content (AvgIpc) is 4.07. The van der Waals surface area contributed by atoms with E-state index < -0.39 is 16.6 Å². The third-order valence-corrected chi connectivity index (χ3v) is 32.6. The van der Waals surface area contributed by atoms with Gasteiger partial charge >= 0.3 is 5.97 Å². The maximum Gasteiger partial charge on any atom is 0.338 e. The molecule has 77 heavy (non-hydrogen) atoms. The zero-order valence-corrected chi connectivity index (χ0v) is 53.4. The molecule has 9 rings (SSSR count). The van der Waals surface area contributed by atoms with Gasteiger partial charge in [-0.05, 0) is 208 Å². The molecule has 0 radical (unpaired) electrons. The number of carbonyl (C=O) groups is 1. The molecule has 8 aliphatic rings. The van der Waals surface area contributed by atoms with Gasteiger partial charge in [0.1, 0.15) is 0 Å². The lowest BCUT2D eigenvalue weighted by Crippen LogP contribution is -2.47. The van der Waals surface area contributed by atoms with Crippen molar-refractivity contribution in [1.82, 2.24) is 0 Å². The molecule has 442 valence electrons. The Labute approximate surface area is 483 Å². The first-order valence-corrected chi connectivity index (χ1v) is 36.9. The minimum atomic E-state index is -1.92. The van der Waals surface area contributed by atoms with Gasteiger partial charge in [0.2, 0.25) is 0 Å². The lowest BCUT2D eigenvalue weighted by molar-refractivity contribution is -0.00620. The van der Waals surface area contributed by atoms with E-state index in [4.69, 9.17) is 36.8 Å². The SMILES string of the molecule is C.C.C[C@H](CO)[C@H]1CC[C@H]2/C(=C/[C@@H](C)[C@]34CC3C[C@H](O[Si](C)(C)C(C)(C)C)C4O)CCC[C@]12C.C[C@H](COC(=O)c1ccccc1)[C@H]1CC[C@H]2/C(=C/[C@@H](C)[C@]34CC3C[C@H](O[Si](C)(C)C(C)(C)C)C4O)CCC[C@]12C.ClCCl.